The normalized spacial score (nSPS) is 19.0. The maximum atomic E-state index is 5.71. The first-order valence-corrected chi connectivity index (χ1v) is 9.01. The first-order valence-electron chi connectivity index (χ1n) is 9.01. The minimum Gasteiger partial charge on any atom is -0.381 e. The molecule has 0 radical (unpaired) electrons. The van der Waals surface area contributed by atoms with Crippen LogP contribution in [0.25, 0.3) is 0 Å². The van der Waals surface area contributed by atoms with Crippen LogP contribution >= 0.6 is 0 Å². The summed E-state index contributed by atoms with van der Waals surface area (Å²) in [6.07, 6.45) is 2.06. The fourth-order valence-corrected chi connectivity index (χ4v) is 2.76. The predicted octanol–water partition coefficient (Wildman–Crippen LogP) is 1.98. The monoisotopic (exact) mass is 349 g/mol. The molecule has 2 rings (SSSR count). The molecule has 2 atom stereocenters. The number of hydrogen-bond acceptors (Lipinski definition) is 4. The van der Waals surface area contributed by atoms with Gasteiger partial charge in [-0.25, -0.2) is 0 Å². The van der Waals surface area contributed by atoms with Crippen LogP contribution in [0.2, 0.25) is 0 Å². The maximum Gasteiger partial charge on any atom is 0.191 e. The Bertz CT molecular complexity index is 490. The first-order chi connectivity index (χ1) is 12.3. The summed E-state index contributed by atoms with van der Waals surface area (Å²) in [7, 11) is 3.50. The number of methoxy groups -OCH3 is 1. The summed E-state index contributed by atoms with van der Waals surface area (Å²) in [5.41, 5.74) is 1.15. The molecular weight excluding hydrogens is 318 g/mol. The maximum absolute atomic E-state index is 5.71. The SMILES string of the molecule is CN=C(NCCCOCC1CCOC1)NCC(OC)c1ccccc1. The van der Waals surface area contributed by atoms with E-state index < -0.39 is 0 Å². The third kappa shape index (κ3) is 7.42. The third-order valence-corrected chi connectivity index (χ3v) is 4.27. The number of nitrogens with zero attached hydrogens (tertiary/aromatic N) is 1. The van der Waals surface area contributed by atoms with Crippen LogP contribution in [0.15, 0.2) is 35.3 Å². The molecule has 0 aromatic heterocycles. The Morgan fingerprint density at radius 2 is 2.16 bits per heavy atom. The molecule has 0 amide bonds. The van der Waals surface area contributed by atoms with Gasteiger partial charge in [0.25, 0.3) is 0 Å². The summed E-state index contributed by atoms with van der Waals surface area (Å²) in [5, 5.41) is 6.62. The number of hydrogen-bond donors (Lipinski definition) is 2. The van der Waals surface area contributed by atoms with Gasteiger partial charge in [-0.15, -0.1) is 0 Å². The standard InChI is InChI=1S/C19H31N3O3/c1-20-19(21-10-6-11-24-14-16-9-12-25-15-16)22-13-18(23-2)17-7-4-3-5-8-17/h3-5,7-8,16,18H,6,9-15H2,1-2H3,(H2,20,21,22). The van der Waals surface area contributed by atoms with Crippen molar-refractivity contribution >= 4 is 5.96 Å². The lowest BCUT2D eigenvalue weighted by Crippen LogP contribution is -2.40. The molecule has 2 N–H and O–H groups in total. The van der Waals surface area contributed by atoms with E-state index in [0.29, 0.717) is 12.5 Å². The zero-order valence-electron chi connectivity index (χ0n) is 15.4. The molecule has 25 heavy (non-hydrogen) atoms. The van der Waals surface area contributed by atoms with E-state index in [0.717, 1.165) is 57.3 Å². The van der Waals surface area contributed by atoms with E-state index in [1.54, 1.807) is 14.2 Å². The molecule has 0 aliphatic carbocycles. The molecular formula is C19H31N3O3. The highest BCUT2D eigenvalue weighted by atomic mass is 16.5. The van der Waals surface area contributed by atoms with Crippen LogP contribution in [0.4, 0.5) is 0 Å². The zero-order chi connectivity index (χ0) is 17.7. The van der Waals surface area contributed by atoms with Crippen molar-refractivity contribution in [3.05, 3.63) is 35.9 Å². The Labute approximate surface area is 151 Å². The quantitative estimate of drug-likeness (QED) is 0.384. The average molecular weight is 349 g/mol. The second kappa shape index (κ2) is 11.8. The van der Waals surface area contributed by atoms with Gasteiger partial charge in [-0.05, 0) is 18.4 Å². The predicted molar refractivity (Wildman–Crippen MR) is 99.9 cm³/mol. The molecule has 2 unspecified atom stereocenters. The number of nitrogens with one attached hydrogen (secondary N) is 2. The van der Waals surface area contributed by atoms with Crippen molar-refractivity contribution in [3.63, 3.8) is 0 Å². The van der Waals surface area contributed by atoms with E-state index in [4.69, 9.17) is 14.2 Å². The van der Waals surface area contributed by atoms with Gasteiger partial charge in [0.1, 0.15) is 0 Å². The molecule has 1 aromatic rings. The largest absolute Gasteiger partial charge is 0.381 e. The van der Waals surface area contributed by atoms with E-state index in [1.807, 2.05) is 18.2 Å². The van der Waals surface area contributed by atoms with Gasteiger partial charge >= 0.3 is 0 Å². The first kappa shape index (κ1) is 19.7. The highest BCUT2D eigenvalue weighted by Crippen LogP contribution is 2.14. The molecule has 1 aliphatic heterocycles. The smallest absolute Gasteiger partial charge is 0.191 e. The number of rotatable bonds is 10. The topological polar surface area (TPSA) is 64.1 Å². The van der Waals surface area contributed by atoms with Gasteiger partial charge in [-0.3, -0.25) is 4.99 Å². The van der Waals surface area contributed by atoms with Gasteiger partial charge in [0.2, 0.25) is 0 Å². The lowest BCUT2D eigenvalue weighted by Gasteiger charge is -2.18. The number of aliphatic imine (C=N–C) groups is 1. The molecule has 6 heteroatoms. The molecule has 1 heterocycles. The van der Waals surface area contributed by atoms with Crippen LogP contribution in [0.5, 0.6) is 0 Å². The van der Waals surface area contributed by atoms with Gasteiger partial charge < -0.3 is 24.8 Å². The molecule has 6 nitrogen and oxygen atoms in total. The summed E-state index contributed by atoms with van der Waals surface area (Å²) >= 11 is 0. The highest BCUT2D eigenvalue weighted by molar-refractivity contribution is 5.79. The van der Waals surface area contributed by atoms with Crippen LogP contribution in [0.3, 0.4) is 0 Å². The Kier molecular flexibility index (Phi) is 9.33. The Morgan fingerprint density at radius 3 is 2.84 bits per heavy atom. The number of guanidine groups is 1. The van der Waals surface area contributed by atoms with Crippen molar-refractivity contribution in [3.8, 4) is 0 Å². The second-order valence-electron chi connectivity index (χ2n) is 6.17. The van der Waals surface area contributed by atoms with Crippen LogP contribution in [0, 0.1) is 5.92 Å². The fourth-order valence-electron chi connectivity index (χ4n) is 2.76. The van der Waals surface area contributed by atoms with Crippen molar-refractivity contribution in [2.45, 2.75) is 18.9 Å². The second-order valence-corrected chi connectivity index (χ2v) is 6.17. The van der Waals surface area contributed by atoms with Crippen LogP contribution in [-0.4, -0.2) is 59.6 Å². The average Bonchev–Trinajstić information content (AvgIpc) is 3.17. The minimum absolute atomic E-state index is 0.00304. The summed E-state index contributed by atoms with van der Waals surface area (Å²) in [5.74, 6) is 1.36. The van der Waals surface area contributed by atoms with E-state index in [-0.39, 0.29) is 6.10 Å². The molecule has 140 valence electrons. The van der Waals surface area contributed by atoms with Crippen molar-refractivity contribution in [1.82, 2.24) is 10.6 Å². The van der Waals surface area contributed by atoms with E-state index >= 15 is 0 Å². The van der Waals surface area contributed by atoms with Gasteiger partial charge in [0, 0.05) is 46.4 Å². The van der Waals surface area contributed by atoms with Crippen molar-refractivity contribution in [2.75, 3.05) is 53.7 Å². The molecule has 1 aromatic carbocycles. The molecule has 1 fully saturated rings. The highest BCUT2D eigenvalue weighted by Gasteiger charge is 2.15. The summed E-state index contributed by atoms with van der Waals surface area (Å²) < 4.78 is 16.6. The van der Waals surface area contributed by atoms with Crippen LogP contribution in [-0.2, 0) is 14.2 Å². The Morgan fingerprint density at radius 1 is 1.32 bits per heavy atom. The summed E-state index contributed by atoms with van der Waals surface area (Å²) in [4.78, 5) is 4.25. The molecule has 0 saturated carbocycles. The summed E-state index contributed by atoms with van der Waals surface area (Å²) in [6, 6.07) is 10.2. The van der Waals surface area contributed by atoms with Crippen molar-refractivity contribution in [1.29, 1.82) is 0 Å². The molecule has 1 aliphatic rings. The van der Waals surface area contributed by atoms with E-state index in [1.165, 1.54) is 0 Å². The van der Waals surface area contributed by atoms with Gasteiger partial charge in [0.15, 0.2) is 5.96 Å². The number of benzene rings is 1. The minimum atomic E-state index is -0.00304. The molecule has 1 saturated heterocycles. The van der Waals surface area contributed by atoms with E-state index in [2.05, 4.69) is 27.8 Å². The molecule has 0 spiro atoms. The third-order valence-electron chi connectivity index (χ3n) is 4.27. The number of ether oxygens (including phenoxy) is 3. The lowest BCUT2D eigenvalue weighted by atomic mass is 10.1. The van der Waals surface area contributed by atoms with Crippen LogP contribution < -0.4 is 10.6 Å². The summed E-state index contributed by atoms with van der Waals surface area (Å²) in [6.45, 7) is 4.77. The van der Waals surface area contributed by atoms with Gasteiger partial charge in [-0.2, -0.15) is 0 Å². The van der Waals surface area contributed by atoms with Crippen molar-refractivity contribution < 1.29 is 14.2 Å². The fraction of sp³-hybridized carbons (Fsp3) is 0.632. The van der Waals surface area contributed by atoms with Gasteiger partial charge in [-0.1, -0.05) is 30.3 Å². The lowest BCUT2D eigenvalue weighted by molar-refractivity contribution is 0.0887. The zero-order valence-corrected chi connectivity index (χ0v) is 15.4. The molecule has 0 bridgehead atoms. The Hall–Kier alpha value is -1.63. The Balaban J connectivity index is 1.58. The van der Waals surface area contributed by atoms with Crippen LogP contribution in [0.1, 0.15) is 24.5 Å². The van der Waals surface area contributed by atoms with E-state index in [9.17, 15) is 0 Å². The van der Waals surface area contributed by atoms with Gasteiger partial charge in [0.05, 0.1) is 19.3 Å². The van der Waals surface area contributed by atoms with Crippen molar-refractivity contribution in [2.24, 2.45) is 10.9 Å².